The topological polar surface area (TPSA) is 91.4 Å². The predicted molar refractivity (Wildman–Crippen MR) is 99.1 cm³/mol. The van der Waals surface area contributed by atoms with Gasteiger partial charge in [-0.15, -0.1) is 0 Å². The van der Waals surface area contributed by atoms with Gasteiger partial charge in [0.2, 0.25) is 5.91 Å². The molecule has 2 amide bonds. The van der Waals surface area contributed by atoms with E-state index in [0.29, 0.717) is 32.5 Å². The summed E-state index contributed by atoms with van der Waals surface area (Å²) in [7, 11) is 1.39. The van der Waals surface area contributed by atoms with Crippen LogP contribution in [0.4, 0.5) is 4.79 Å². The Bertz CT molecular complexity index is 795. The van der Waals surface area contributed by atoms with Crippen LogP contribution in [0, 0.1) is 5.92 Å². The second kappa shape index (κ2) is 7.54. The van der Waals surface area contributed by atoms with E-state index >= 15 is 0 Å². The monoisotopic (exact) mass is 371 g/mol. The summed E-state index contributed by atoms with van der Waals surface area (Å²) in [5, 5.41) is 0. The summed E-state index contributed by atoms with van der Waals surface area (Å²) in [6, 6.07) is 1.90. The van der Waals surface area contributed by atoms with Crippen molar-refractivity contribution in [1.82, 2.24) is 24.8 Å². The molecule has 0 aliphatic carbocycles. The highest BCUT2D eigenvalue weighted by molar-refractivity contribution is 5.79. The van der Waals surface area contributed by atoms with Gasteiger partial charge in [-0.05, 0) is 31.7 Å². The molecule has 2 saturated heterocycles. The first-order valence-electron chi connectivity index (χ1n) is 9.57. The largest absolute Gasteiger partial charge is 0.453 e. The number of amides is 2. The number of nitrogens with zero attached hydrogens (tertiary/aromatic N) is 4. The number of fused-ring (bicyclic) bond motifs is 1. The van der Waals surface area contributed by atoms with Crippen LogP contribution < -0.4 is 0 Å². The number of carbonyl (C=O) groups is 2. The molecule has 1 unspecified atom stereocenters. The molecule has 144 valence electrons. The standard InChI is InChI=1S/C19H25N5O3/c1-27-19(26)23-9-5-13(6-10-23)18(25)24-8-2-3-14(12-24)17-21-15-4-7-20-11-16(15)22-17/h4,7,11,13-14H,2-3,5-6,8-10,12H2,1H3,(H,21,22). The molecule has 27 heavy (non-hydrogen) atoms. The predicted octanol–water partition coefficient (Wildman–Crippen LogP) is 2.14. The molecule has 4 rings (SSSR count). The average Bonchev–Trinajstić information content (AvgIpc) is 3.17. The van der Waals surface area contributed by atoms with Crippen molar-refractivity contribution in [2.45, 2.75) is 31.6 Å². The minimum absolute atomic E-state index is 0.00970. The lowest BCUT2D eigenvalue weighted by molar-refractivity contribution is -0.138. The lowest BCUT2D eigenvalue weighted by atomic mass is 9.92. The normalized spacial score (nSPS) is 21.4. The van der Waals surface area contributed by atoms with Gasteiger partial charge in [-0.1, -0.05) is 0 Å². The second-order valence-electron chi connectivity index (χ2n) is 7.37. The molecule has 2 aliphatic rings. The number of hydrogen-bond donors (Lipinski definition) is 1. The molecule has 8 nitrogen and oxygen atoms in total. The molecule has 2 fully saturated rings. The molecule has 2 aromatic heterocycles. The van der Waals surface area contributed by atoms with Crippen LogP contribution in [0.5, 0.6) is 0 Å². The van der Waals surface area contributed by atoms with Crippen molar-refractivity contribution in [3.63, 3.8) is 0 Å². The van der Waals surface area contributed by atoms with Gasteiger partial charge in [0.15, 0.2) is 0 Å². The number of carbonyl (C=O) groups excluding carboxylic acids is 2. The summed E-state index contributed by atoms with van der Waals surface area (Å²) in [4.78, 5) is 40.4. The van der Waals surface area contributed by atoms with Crippen LogP contribution in [0.3, 0.4) is 0 Å². The number of H-pyrrole nitrogens is 1. The highest BCUT2D eigenvalue weighted by atomic mass is 16.5. The summed E-state index contributed by atoms with van der Waals surface area (Å²) in [6.07, 6.45) is 6.62. The lowest BCUT2D eigenvalue weighted by Crippen LogP contribution is -2.47. The molecule has 0 radical (unpaired) electrons. The van der Waals surface area contributed by atoms with Crippen LogP contribution in [0.25, 0.3) is 11.0 Å². The number of aromatic nitrogens is 3. The first kappa shape index (κ1) is 17.8. The Morgan fingerprint density at radius 2 is 2.00 bits per heavy atom. The Balaban J connectivity index is 1.39. The van der Waals surface area contributed by atoms with Gasteiger partial charge < -0.3 is 19.5 Å². The van der Waals surface area contributed by atoms with Crippen molar-refractivity contribution in [3.05, 3.63) is 24.3 Å². The number of methoxy groups -OCH3 is 1. The van der Waals surface area contributed by atoms with Crippen molar-refractivity contribution >= 4 is 23.0 Å². The SMILES string of the molecule is COC(=O)N1CCC(C(=O)N2CCCC(c3nc4ccncc4[nH]3)C2)CC1. The number of piperidine rings is 2. The molecule has 0 saturated carbocycles. The Hall–Kier alpha value is -2.64. The maximum atomic E-state index is 13.0. The third-order valence-corrected chi connectivity index (χ3v) is 5.70. The Labute approximate surface area is 157 Å². The van der Waals surface area contributed by atoms with Crippen LogP contribution in [0.15, 0.2) is 18.5 Å². The smallest absolute Gasteiger partial charge is 0.409 e. The third-order valence-electron chi connectivity index (χ3n) is 5.70. The highest BCUT2D eigenvalue weighted by Gasteiger charge is 2.33. The summed E-state index contributed by atoms with van der Waals surface area (Å²) in [5.74, 6) is 1.37. The van der Waals surface area contributed by atoms with Gasteiger partial charge in [-0.25, -0.2) is 9.78 Å². The summed E-state index contributed by atoms with van der Waals surface area (Å²) in [5.41, 5.74) is 1.85. The molecule has 2 aromatic rings. The fourth-order valence-electron chi connectivity index (χ4n) is 4.17. The average molecular weight is 371 g/mol. The number of hydrogen-bond acceptors (Lipinski definition) is 5. The van der Waals surface area contributed by atoms with E-state index in [4.69, 9.17) is 4.74 Å². The molecule has 2 aliphatic heterocycles. The number of nitrogens with one attached hydrogen (secondary N) is 1. The Kier molecular flexibility index (Phi) is 4.96. The van der Waals surface area contributed by atoms with E-state index in [2.05, 4.69) is 15.0 Å². The second-order valence-corrected chi connectivity index (χ2v) is 7.37. The molecule has 1 N–H and O–H groups in total. The number of pyridine rings is 1. The summed E-state index contributed by atoms with van der Waals surface area (Å²) >= 11 is 0. The van der Waals surface area contributed by atoms with Crippen molar-refractivity contribution in [1.29, 1.82) is 0 Å². The van der Waals surface area contributed by atoms with Crippen LogP contribution in [0.1, 0.15) is 37.4 Å². The molecule has 0 spiro atoms. The Morgan fingerprint density at radius 3 is 2.74 bits per heavy atom. The van der Waals surface area contributed by atoms with Crippen LogP contribution in [-0.2, 0) is 9.53 Å². The van der Waals surface area contributed by atoms with E-state index in [-0.39, 0.29) is 23.8 Å². The van der Waals surface area contributed by atoms with Crippen LogP contribution in [-0.4, -0.2) is 70.0 Å². The minimum atomic E-state index is -0.307. The van der Waals surface area contributed by atoms with E-state index in [1.54, 1.807) is 17.3 Å². The molecule has 1 atom stereocenters. The first-order chi connectivity index (χ1) is 13.2. The van der Waals surface area contributed by atoms with Crippen LogP contribution >= 0.6 is 0 Å². The van der Waals surface area contributed by atoms with Gasteiger partial charge >= 0.3 is 6.09 Å². The first-order valence-corrected chi connectivity index (χ1v) is 9.57. The number of imidazole rings is 1. The number of rotatable bonds is 2. The molecule has 0 aromatic carbocycles. The van der Waals surface area contributed by atoms with Gasteiger partial charge in [-0.3, -0.25) is 9.78 Å². The highest BCUT2D eigenvalue weighted by Crippen LogP contribution is 2.29. The van der Waals surface area contributed by atoms with Gasteiger partial charge in [-0.2, -0.15) is 0 Å². The zero-order valence-corrected chi connectivity index (χ0v) is 15.6. The molecule has 8 heteroatoms. The minimum Gasteiger partial charge on any atom is -0.453 e. The Morgan fingerprint density at radius 1 is 1.19 bits per heavy atom. The maximum absolute atomic E-state index is 13.0. The molecule has 0 bridgehead atoms. The fourth-order valence-corrected chi connectivity index (χ4v) is 4.17. The molecular weight excluding hydrogens is 346 g/mol. The van der Waals surface area contributed by atoms with E-state index in [9.17, 15) is 9.59 Å². The van der Waals surface area contributed by atoms with Crippen molar-refractivity contribution in [2.24, 2.45) is 5.92 Å². The molecular formula is C19H25N5O3. The van der Waals surface area contributed by atoms with Gasteiger partial charge in [0.1, 0.15) is 5.82 Å². The third kappa shape index (κ3) is 3.61. The number of aromatic amines is 1. The summed E-state index contributed by atoms with van der Waals surface area (Å²) in [6.45, 7) is 2.66. The van der Waals surface area contributed by atoms with Gasteiger partial charge in [0.05, 0.1) is 24.3 Å². The van der Waals surface area contributed by atoms with E-state index < -0.39 is 0 Å². The fraction of sp³-hybridized carbons (Fsp3) is 0.579. The maximum Gasteiger partial charge on any atom is 0.409 e. The van der Waals surface area contributed by atoms with E-state index in [1.807, 2.05) is 11.0 Å². The molecule has 4 heterocycles. The van der Waals surface area contributed by atoms with E-state index in [1.165, 1.54) is 7.11 Å². The number of ether oxygens (including phenoxy) is 1. The van der Waals surface area contributed by atoms with Gasteiger partial charge in [0, 0.05) is 44.2 Å². The van der Waals surface area contributed by atoms with Crippen molar-refractivity contribution < 1.29 is 14.3 Å². The van der Waals surface area contributed by atoms with Crippen LogP contribution in [0.2, 0.25) is 0 Å². The quantitative estimate of drug-likeness (QED) is 0.873. The van der Waals surface area contributed by atoms with Crippen molar-refractivity contribution in [3.8, 4) is 0 Å². The lowest BCUT2D eigenvalue weighted by Gasteiger charge is -2.37. The zero-order chi connectivity index (χ0) is 18.8. The number of likely N-dealkylation sites (tertiary alicyclic amines) is 2. The van der Waals surface area contributed by atoms with Crippen molar-refractivity contribution in [2.75, 3.05) is 33.3 Å². The summed E-state index contributed by atoms with van der Waals surface area (Å²) < 4.78 is 4.77. The van der Waals surface area contributed by atoms with E-state index in [0.717, 1.165) is 36.2 Å². The zero-order valence-electron chi connectivity index (χ0n) is 15.6. The van der Waals surface area contributed by atoms with Gasteiger partial charge in [0.25, 0.3) is 0 Å².